The minimum absolute atomic E-state index is 0.0435. The van der Waals surface area contributed by atoms with Crippen molar-refractivity contribution in [1.29, 1.82) is 0 Å². The Morgan fingerprint density at radius 2 is 1.77 bits per heavy atom. The number of aryl methyl sites for hydroxylation is 1. The minimum atomic E-state index is -1.04. The molecule has 1 atom stereocenters. The molecule has 3 heterocycles. The van der Waals surface area contributed by atoms with Gasteiger partial charge in [-0.25, -0.2) is 14.8 Å². The minimum Gasteiger partial charge on any atom is -0.495 e. The standard InChI is InChI=1S/C36H47N5O7/c1-22-32(46-2)14-13-30(39-22)24-5-3-23(4-6-24)19-41(33-17-27(15-16-37-33)31-21-47-34(40-31)25-7-8-25)35(44)26-9-11-29(12-10-26)48-36(45)38-18-28(43)20-42/h13-17,21,23-26,28-29,42-43H,3-12,18-20H2,1-2H3,(H,38,45)/t23-,24-,26-,28-,29-/m0/s1. The van der Waals surface area contributed by atoms with Crippen LogP contribution in [0.1, 0.15) is 93.3 Å². The average Bonchev–Trinajstić information content (AvgIpc) is 3.85. The summed E-state index contributed by atoms with van der Waals surface area (Å²) < 4.78 is 16.7. The van der Waals surface area contributed by atoms with E-state index in [4.69, 9.17) is 33.9 Å². The molecule has 0 aromatic carbocycles. The molecule has 3 aromatic heterocycles. The van der Waals surface area contributed by atoms with Crippen LogP contribution in [0.5, 0.6) is 5.75 Å². The summed E-state index contributed by atoms with van der Waals surface area (Å²) in [5, 5.41) is 20.9. The maximum atomic E-state index is 14.3. The third-order valence-corrected chi connectivity index (χ3v) is 10.0. The van der Waals surface area contributed by atoms with Gasteiger partial charge in [-0.1, -0.05) is 0 Å². The third-order valence-electron chi connectivity index (χ3n) is 10.0. The van der Waals surface area contributed by atoms with Gasteiger partial charge in [0.25, 0.3) is 0 Å². The van der Waals surface area contributed by atoms with Crippen LogP contribution >= 0.6 is 0 Å². The highest BCUT2D eigenvalue weighted by molar-refractivity contribution is 5.94. The molecular weight excluding hydrogens is 614 g/mol. The average molecular weight is 662 g/mol. The molecule has 0 spiro atoms. The highest BCUT2D eigenvalue weighted by Gasteiger charge is 2.35. The predicted molar refractivity (Wildman–Crippen MR) is 178 cm³/mol. The number of nitrogens with zero attached hydrogens (tertiary/aromatic N) is 4. The molecule has 48 heavy (non-hydrogen) atoms. The summed E-state index contributed by atoms with van der Waals surface area (Å²) in [7, 11) is 1.66. The quantitative estimate of drug-likeness (QED) is 0.233. The molecule has 0 aliphatic heterocycles. The zero-order valence-corrected chi connectivity index (χ0v) is 27.8. The molecule has 0 bridgehead atoms. The number of aliphatic hydroxyl groups excluding tert-OH is 2. The van der Waals surface area contributed by atoms with Gasteiger partial charge in [0.1, 0.15) is 29.6 Å². The van der Waals surface area contributed by atoms with Crippen molar-refractivity contribution < 1.29 is 33.7 Å². The molecule has 258 valence electrons. The van der Waals surface area contributed by atoms with E-state index in [1.807, 2.05) is 30.0 Å². The Morgan fingerprint density at radius 3 is 2.46 bits per heavy atom. The number of nitrogens with one attached hydrogen (secondary N) is 1. The summed E-state index contributed by atoms with van der Waals surface area (Å²) in [4.78, 5) is 42.6. The SMILES string of the molecule is COc1ccc([C@H]2CC[C@H](CN(c3cc(-c4coc(C5CC5)n4)ccn3)C(=O)[C@H]3CC[C@H](OC(=O)NC[C@H](O)CO)CC3)CC2)nc1C. The van der Waals surface area contributed by atoms with Gasteiger partial charge in [-0.2, -0.15) is 0 Å². The van der Waals surface area contributed by atoms with E-state index in [9.17, 15) is 14.7 Å². The Bertz CT molecular complexity index is 1540. The first-order valence-electron chi connectivity index (χ1n) is 17.3. The van der Waals surface area contributed by atoms with Gasteiger partial charge >= 0.3 is 6.09 Å². The molecule has 12 heteroatoms. The van der Waals surface area contributed by atoms with E-state index in [2.05, 4.69) is 11.4 Å². The summed E-state index contributed by atoms with van der Waals surface area (Å²) in [6.45, 7) is 2.03. The molecule has 3 saturated carbocycles. The lowest BCUT2D eigenvalue weighted by atomic mass is 9.79. The van der Waals surface area contributed by atoms with Gasteiger partial charge in [0.2, 0.25) is 5.91 Å². The molecule has 3 N–H and O–H groups in total. The summed E-state index contributed by atoms with van der Waals surface area (Å²) in [5.74, 6) is 3.11. The largest absolute Gasteiger partial charge is 0.495 e. The molecule has 6 rings (SSSR count). The second kappa shape index (κ2) is 15.5. The van der Waals surface area contributed by atoms with Crippen LogP contribution in [0.4, 0.5) is 10.6 Å². The number of rotatable bonds is 12. The Labute approximate surface area is 281 Å². The van der Waals surface area contributed by atoms with Crippen LogP contribution in [0.25, 0.3) is 11.3 Å². The number of alkyl carbamates (subject to hydrolysis) is 1. The van der Waals surface area contributed by atoms with Crippen molar-refractivity contribution in [3.8, 4) is 17.0 Å². The number of hydrogen-bond donors (Lipinski definition) is 3. The number of pyridine rings is 2. The molecule has 3 aromatic rings. The lowest BCUT2D eigenvalue weighted by Gasteiger charge is -2.35. The first-order valence-corrected chi connectivity index (χ1v) is 17.3. The zero-order valence-electron chi connectivity index (χ0n) is 27.8. The van der Waals surface area contributed by atoms with Gasteiger partial charge in [-0.05, 0) is 101 Å². The van der Waals surface area contributed by atoms with E-state index in [0.717, 1.165) is 72.8 Å². The maximum Gasteiger partial charge on any atom is 0.407 e. The van der Waals surface area contributed by atoms with Crippen molar-refractivity contribution in [3.05, 3.63) is 54.0 Å². The highest BCUT2D eigenvalue weighted by atomic mass is 16.6. The number of aromatic nitrogens is 3. The van der Waals surface area contributed by atoms with Gasteiger partial charge in [-0.3, -0.25) is 14.7 Å². The topological polar surface area (TPSA) is 160 Å². The molecule has 0 saturated heterocycles. The van der Waals surface area contributed by atoms with E-state index in [1.54, 1.807) is 19.6 Å². The fourth-order valence-corrected chi connectivity index (χ4v) is 6.98. The number of hydrogen-bond acceptors (Lipinski definition) is 10. The summed E-state index contributed by atoms with van der Waals surface area (Å²) in [6, 6.07) is 7.92. The third kappa shape index (κ3) is 8.33. The molecule has 3 fully saturated rings. The Hall–Kier alpha value is -4.03. The Balaban J connectivity index is 1.13. The number of amides is 2. The first kappa shape index (κ1) is 33.9. The van der Waals surface area contributed by atoms with E-state index in [1.165, 1.54) is 0 Å². The summed E-state index contributed by atoms with van der Waals surface area (Å²) in [6.07, 6.45) is 9.94. The molecular formula is C36H47N5O7. The highest BCUT2D eigenvalue weighted by Crippen LogP contribution is 2.41. The number of methoxy groups -OCH3 is 1. The molecule has 12 nitrogen and oxygen atoms in total. The van der Waals surface area contributed by atoms with Crippen LogP contribution in [0.3, 0.4) is 0 Å². The maximum absolute atomic E-state index is 14.3. The molecule has 0 radical (unpaired) electrons. The van der Waals surface area contributed by atoms with Gasteiger partial charge in [0.05, 0.1) is 25.5 Å². The lowest BCUT2D eigenvalue weighted by Crippen LogP contribution is -2.43. The van der Waals surface area contributed by atoms with E-state index >= 15 is 0 Å². The smallest absolute Gasteiger partial charge is 0.407 e. The van der Waals surface area contributed by atoms with Crippen LogP contribution < -0.4 is 15.0 Å². The van der Waals surface area contributed by atoms with Gasteiger partial charge in [0, 0.05) is 48.3 Å². The lowest BCUT2D eigenvalue weighted by molar-refractivity contribution is -0.124. The van der Waals surface area contributed by atoms with Crippen molar-refractivity contribution >= 4 is 17.8 Å². The van der Waals surface area contributed by atoms with E-state index < -0.39 is 18.8 Å². The van der Waals surface area contributed by atoms with Crippen molar-refractivity contribution in [1.82, 2.24) is 20.3 Å². The molecule has 3 aliphatic carbocycles. The number of carbonyl (C=O) groups is 2. The van der Waals surface area contributed by atoms with Crippen LogP contribution in [-0.2, 0) is 9.53 Å². The fraction of sp³-hybridized carbons (Fsp3) is 0.583. The van der Waals surface area contributed by atoms with Crippen LogP contribution in [0, 0.1) is 18.8 Å². The summed E-state index contributed by atoms with van der Waals surface area (Å²) in [5.41, 5.74) is 3.62. The number of aliphatic hydroxyl groups is 2. The number of oxazole rings is 1. The normalized spacial score (nSPS) is 23.2. The van der Waals surface area contributed by atoms with E-state index in [-0.39, 0.29) is 24.5 Å². The van der Waals surface area contributed by atoms with Crippen molar-refractivity contribution in [3.63, 3.8) is 0 Å². The van der Waals surface area contributed by atoms with Crippen LogP contribution in [-0.4, -0.2) is 76.2 Å². The van der Waals surface area contributed by atoms with E-state index in [0.29, 0.717) is 55.8 Å². The zero-order chi connectivity index (χ0) is 33.6. The second-order valence-corrected chi connectivity index (χ2v) is 13.5. The predicted octanol–water partition coefficient (Wildman–Crippen LogP) is 5.27. The fourth-order valence-electron chi connectivity index (χ4n) is 6.98. The van der Waals surface area contributed by atoms with Crippen molar-refractivity contribution in [2.24, 2.45) is 11.8 Å². The van der Waals surface area contributed by atoms with Gasteiger partial charge in [0.15, 0.2) is 5.89 Å². The Morgan fingerprint density at radius 1 is 1.02 bits per heavy atom. The number of ether oxygens (including phenoxy) is 2. The molecule has 2 amide bonds. The van der Waals surface area contributed by atoms with Gasteiger partial charge < -0.3 is 29.4 Å². The van der Waals surface area contributed by atoms with Gasteiger partial charge in [-0.15, -0.1) is 0 Å². The van der Waals surface area contributed by atoms with Crippen LogP contribution in [0.15, 0.2) is 41.1 Å². The number of anilines is 1. The number of carbonyl (C=O) groups excluding carboxylic acids is 2. The Kier molecular flexibility index (Phi) is 10.9. The van der Waals surface area contributed by atoms with Crippen molar-refractivity contribution in [2.75, 3.05) is 31.7 Å². The molecule has 0 unspecified atom stereocenters. The monoisotopic (exact) mass is 661 g/mol. The second-order valence-electron chi connectivity index (χ2n) is 13.5. The first-order chi connectivity index (χ1) is 23.3. The van der Waals surface area contributed by atoms with Crippen molar-refractivity contribution in [2.45, 2.75) is 95.2 Å². The van der Waals surface area contributed by atoms with Crippen LogP contribution in [0.2, 0.25) is 0 Å². The summed E-state index contributed by atoms with van der Waals surface area (Å²) >= 11 is 0. The molecule has 3 aliphatic rings.